The maximum absolute atomic E-state index is 11.5. The summed E-state index contributed by atoms with van der Waals surface area (Å²) in [7, 11) is 0. The van der Waals surface area contributed by atoms with Crippen LogP contribution < -0.4 is 5.43 Å². The van der Waals surface area contributed by atoms with Crippen LogP contribution in [0.3, 0.4) is 0 Å². The molecule has 0 spiro atoms. The lowest BCUT2D eigenvalue weighted by Crippen LogP contribution is -2.05. The van der Waals surface area contributed by atoms with Gasteiger partial charge in [-0.3, -0.25) is 4.79 Å². The van der Waals surface area contributed by atoms with Crippen molar-refractivity contribution >= 4 is 11.1 Å². The van der Waals surface area contributed by atoms with E-state index in [2.05, 4.69) is 4.98 Å². The first-order valence-corrected chi connectivity index (χ1v) is 5.18. The molecule has 1 N–H and O–H groups in total. The van der Waals surface area contributed by atoms with Crippen LogP contribution >= 0.6 is 0 Å². The van der Waals surface area contributed by atoms with E-state index in [1.165, 1.54) is 12.1 Å². The smallest absolute Gasteiger partial charge is 0.185 e. The molecule has 0 saturated heterocycles. The summed E-state index contributed by atoms with van der Waals surface area (Å²) in [5, 5.41) is 9.35. The summed E-state index contributed by atoms with van der Waals surface area (Å²) in [5.74, 6) is 0.538. The fourth-order valence-electron chi connectivity index (χ4n) is 1.75. The third-order valence-corrected chi connectivity index (χ3v) is 2.66. The van der Waals surface area contributed by atoms with Gasteiger partial charge in [0, 0.05) is 12.1 Å². The average Bonchev–Trinajstić information content (AvgIpc) is 2.28. The number of aromatic nitrogens is 1. The van der Waals surface area contributed by atoms with E-state index in [4.69, 9.17) is 4.42 Å². The maximum Gasteiger partial charge on any atom is 0.185 e. The Morgan fingerprint density at radius 2 is 2.06 bits per heavy atom. The minimum absolute atomic E-state index is 0.0810. The molecule has 0 atom stereocenters. The van der Waals surface area contributed by atoms with Gasteiger partial charge >= 0.3 is 0 Å². The molecule has 0 aromatic heterocycles. The number of aryl methyl sites for hydroxylation is 1. The largest absolute Gasteiger partial charge is 0.508 e. The van der Waals surface area contributed by atoms with E-state index in [1.54, 1.807) is 25.1 Å². The zero-order valence-corrected chi connectivity index (χ0v) is 9.10. The topological polar surface area (TPSA) is 63.3 Å². The Labute approximate surface area is 96.5 Å². The van der Waals surface area contributed by atoms with Gasteiger partial charge in [-0.2, -0.15) is 0 Å². The number of nitrogens with zero attached hydrogens (tertiary/aromatic N) is 1. The molecule has 1 aromatic carbocycles. The number of fused-ring (bicyclic) bond motifs is 2. The highest BCUT2D eigenvalue weighted by Crippen LogP contribution is 2.26. The van der Waals surface area contributed by atoms with Crippen LogP contribution in [0.25, 0.3) is 22.6 Å². The Morgan fingerprint density at radius 3 is 2.88 bits per heavy atom. The second kappa shape index (κ2) is 3.31. The number of phenols is 1. The highest BCUT2D eigenvalue weighted by molar-refractivity contribution is 5.77. The van der Waals surface area contributed by atoms with Gasteiger partial charge in [-0.15, -0.1) is 0 Å². The molecule has 1 heterocycles. The van der Waals surface area contributed by atoms with Gasteiger partial charge in [-0.1, -0.05) is 0 Å². The lowest BCUT2D eigenvalue weighted by atomic mass is 10.1. The molecule has 0 radical (unpaired) electrons. The third kappa shape index (κ3) is 1.54. The zero-order valence-electron chi connectivity index (χ0n) is 9.10. The summed E-state index contributed by atoms with van der Waals surface area (Å²) < 4.78 is 5.54. The predicted octanol–water partition coefficient (Wildman–Crippen LogP) is 2.31. The molecule has 0 fully saturated rings. The van der Waals surface area contributed by atoms with Gasteiger partial charge < -0.3 is 9.52 Å². The van der Waals surface area contributed by atoms with E-state index in [9.17, 15) is 9.90 Å². The minimum atomic E-state index is -0.0810. The Kier molecular flexibility index (Phi) is 1.92. The summed E-state index contributed by atoms with van der Waals surface area (Å²) >= 11 is 0. The lowest BCUT2D eigenvalue weighted by molar-refractivity contribution is 0.474. The molecule has 2 aliphatic rings. The average molecular weight is 227 g/mol. The Balaban J connectivity index is 2.45. The SMILES string of the molecule is Cc1cc2nc3ccc(O)cc3oc-2cc1=O. The summed E-state index contributed by atoms with van der Waals surface area (Å²) in [6.45, 7) is 1.74. The van der Waals surface area contributed by atoms with Crippen LogP contribution in [0.1, 0.15) is 5.56 Å². The summed E-state index contributed by atoms with van der Waals surface area (Å²) in [5.41, 5.74) is 2.30. The molecule has 3 rings (SSSR count). The van der Waals surface area contributed by atoms with Gasteiger partial charge in [0.2, 0.25) is 0 Å². The van der Waals surface area contributed by atoms with Crippen molar-refractivity contribution < 1.29 is 9.52 Å². The maximum atomic E-state index is 11.5. The number of aromatic hydroxyl groups is 1. The van der Waals surface area contributed by atoms with E-state index in [0.717, 1.165) is 0 Å². The van der Waals surface area contributed by atoms with Gasteiger partial charge in [0.1, 0.15) is 17.0 Å². The summed E-state index contributed by atoms with van der Waals surface area (Å²) in [6.07, 6.45) is 0. The molecule has 0 bridgehead atoms. The molecule has 17 heavy (non-hydrogen) atoms. The van der Waals surface area contributed by atoms with Gasteiger partial charge in [-0.05, 0) is 30.7 Å². The third-order valence-electron chi connectivity index (χ3n) is 2.66. The van der Waals surface area contributed by atoms with Gasteiger partial charge in [-0.25, -0.2) is 4.98 Å². The molecule has 0 unspecified atom stereocenters. The highest BCUT2D eigenvalue weighted by atomic mass is 16.3. The molecule has 4 heteroatoms. The number of benzene rings is 2. The normalized spacial score (nSPS) is 11.1. The first kappa shape index (κ1) is 9.84. The summed E-state index contributed by atoms with van der Waals surface area (Å²) in [4.78, 5) is 15.9. The highest BCUT2D eigenvalue weighted by Gasteiger charge is 2.11. The fraction of sp³-hybridized carbons (Fsp3) is 0.0769. The van der Waals surface area contributed by atoms with E-state index in [0.29, 0.717) is 28.1 Å². The molecule has 0 saturated carbocycles. The minimum Gasteiger partial charge on any atom is -0.508 e. The summed E-state index contributed by atoms with van der Waals surface area (Å²) in [6, 6.07) is 7.82. The number of rotatable bonds is 0. The molecule has 1 aliphatic heterocycles. The van der Waals surface area contributed by atoms with Crippen molar-refractivity contribution in [3.05, 3.63) is 46.1 Å². The van der Waals surface area contributed by atoms with Crippen molar-refractivity contribution in [2.45, 2.75) is 6.92 Å². The van der Waals surface area contributed by atoms with Crippen molar-refractivity contribution in [3.63, 3.8) is 0 Å². The van der Waals surface area contributed by atoms with E-state index in [1.807, 2.05) is 0 Å². The Bertz CT molecular complexity index is 745. The van der Waals surface area contributed by atoms with Crippen molar-refractivity contribution in [1.82, 2.24) is 4.98 Å². The molecule has 1 aromatic rings. The number of phenolic OH excluding ortho intramolecular Hbond substituents is 1. The molecule has 0 amide bonds. The second-order valence-corrected chi connectivity index (χ2v) is 3.95. The molecular formula is C13H9NO3. The van der Waals surface area contributed by atoms with E-state index >= 15 is 0 Å². The van der Waals surface area contributed by atoms with Gasteiger partial charge in [0.15, 0.2) is 16.8 Å². The van der Waals surface area contributed by atoms with Crippen LogP contribution in [0.4, 0.5) is 0 Å². The quantitative estimate of drug-likeness (QED) is 0.598. The van der Waals surface area contributed by atoms with Crippen LogP contribution in [0.2, 0.25) is 0 Å². The molecular weight excluding hydrogens is 218 g/mol. The van der Waals surface area contributed by atoms with E-state index < -0.39 is 0 Å². The monoisotopic (exact) mass is 227 g/mol. The van der Waals surface area contributed by atoms with Gasteiger partial charge in [0.05, 0.1) is 0 Å². The first-order valence-electron chi connectivity index (χ1n) is 5.18. The first-order chi connectivity index (χ1) is 8.13. The fourth-order valence-corrected chi connectivity index (χ4v) is 1.75. The van der Waals surface area contributed by atoms with Crippen molar-refractivity contribution in [3.8, 4) is 17.2 Å². The Morgan fingerprint density at radius 1 is 1.24 bits per heavy atom. The Hall–Kier alpha value is -2.36. The second-order valence-electron chi connectivity index (χ2n) is 3.95. The molecule has 4 nitrogen and oxygen atoms in total. The molecule has 1 aliphatic carbocycles. The van der Waals surface area contributed by atoms with Crippen LogP contribution in [0.5, 0.6) is 5.75 Å². The predicted molar refractivity (Wildman–Crippen MR) is 63.3 cm³/mol. The lowest BCUT2D eigenvalue weighted by Gasteiger charge is -2.06. The molecule has 84 valence electrons. The van der Waals surface area contributed by atoms with Crippen molar-refractivity contribution in [1.29, 1.82) is 0 Å². The van der Waals surface area contributed by atoms with Gasteiger partial charge in [0.25, 0.3) is 0 Å². The number of hydrogen-bond acceptors (Lipinski definition) is 4. The van der Waals surface area contributed by atoms with Crippen LogP contribution in [0, 0.1) is 6.92 Å². The van der Waals surface area contributed by atoms with Crippen LogP contribution in [-0.4, -0.2) is 10.1 Å². The van der Waals surface area contributed by atoms with Crippen LogP contribution in [-0.2, 0) is 0 Å². The standard InChI is InChI=1S/C13H9NO3/c1-7-4-10-13(6-11(7)16)17-12-5-8(15)2-3-9(12)14-10/h2-6,15H,1H3. The van der Waals surface area contributed by atoms with E-state index in [-0.39, 0.29) is 11.2 Å². The number of hydrogen-bond donors (Lipinski definition) is 1. The van der Waals surface area contributed by atoms with Crippen molar-refractivity contribution in [2.24, 2.45) is 0 Å². The van der Waals surface area contributed by atoms with Crippen molar-refractivity contribution in [2.75, 3.05) is 0 Å². The van der Waals surface area contributed by atoms with Crippen LogP contribution in [0.15, 0.2) is 39.5 Å². The zero-order chi connectivity index (χ0) is 12.0.